The first-order valence-electron chi connectivity index (χ1n) is 7.65. The standard InChI is InChI=1S/C16H16N4O7S/c1-19(27-2)28(25,26)14-8-6-11(7-9-14)15(21)17-18-16(22)12-4-3-5-13(10-12)20(23)24/h3-10H,1-2H3,(H,17,21)(H,18,22). The summed E-state index contributed by atoms with van der Waals surface area (Å²) in [4.78, 5) is 38.7. The average Bonchev–Trinajstić information content (AvgIpc) is 2.71. The van der Waals surface area contributed by atoms with Crippen LogP contribution in [0.3, 0.4) is 0 Å². The van der Waals surface area contributed by atoms with Crippen LogP contribution in [0, 0.1) is 10.1 Å². The molecule has 2 rings (SSSR count). The molecule has 2 N–H and O–H groups in total. The molecule has 0 aliphatic heterocycles. The molecule has 12 heteroatoms. The van der Waals surface area contributed by atoms with E-state index in [2.05, 4.69) is 15.7 Å². The minimum absolute atomic E-state index is 0.0152. The zero-order valence-electron chi connectivity index (χ0n) is 14.8. The predicted molar refractivity (Wildman–Crippen MR) is 96.4 cm³/mol. The zero-order valence-corrected chi connectivity index (χ0v) is 15.6. The largest absolute Gasteiger partial charge is 0.288 e. The second-order valence-electron chi connectivity index (χ2n) is 5.34. The third-order valence-electron chi connectivity index (χ3n) is 3.62. The third-order valence-corrected chi connectivity index (χ3v) is 5.31. The topological polar surface area (TPSA) is 148 Å². The maximum atomic E-state index is 12.1. The lowest BCUT2D eigenvalue weighted by Gasteiger charge is -2.14. The summed E-state index contributed by atoms with van der Waals surface area (Å²) in [6.45, 7) is 0. The summed E-state index contributed by atoms with van der Waals surface area (Å²) in [6.07, 6.45) is 0. The Hall–Kier alpha value is -3.35. The number of hydrazine groups is 1. The average molecular weight is 408 g/mol. The molecule has 0 aliphatic rings. The van der Waals surface area contributed by atoms with Crippen molar-refractivity contribution in [2.75, 3.05) is 14.2 Å². The van der Waals surface area contributed by atoms with Crippen LogP contribution in [0.15, 0.2) is 53.4 Å². The van der Waals surface area contributed by atoms with Gasteiger partial charge in [0.15, 0.2) is 0 Å². The number of sulfonamides is 1. The van der Waals surface area contributed by atoms with Crippen molar-refractivity contribution in [1.29, 1.82) is 0 Å². The van der Waals surface area contributed by atoms with E-state index < -0.39 is 26.8 Å². The molecule has 0 saturated heterocycles. The van der Waals surface area contributed by atoms with Crippen molar-refractivity contribution < 1.29 is 27.8 Å². The summed E-state index contributed by atoms with van der Waals surface area (Å²) in [5, 5.41) is 10.7. The first-order valence-corrected chi connectivity index (χ1v) is 9.09. The molecule has 0 heterocycles. The Morgan fingerprint density at radius 1 is 1.04 bits per heavy atom. The van der Waals surface area contributed by atoms with Gasteiger partial charge in [0, 0.05) is 30.3 Å². The number of benzene rings is 2. The van der Waals surface area contributed by atoms with Gasteiger partial charge < -0.3 is 0 Å². The maximum absolute atomic E-state index is 12.1. The van der Waals surface area contributed by atoms with Crippen LogP contribution in [0.25, 0.3) is 0 Å². The van der Waals surface area contributed by atoms with E-state index in [-0.39, 0.29) is 21.7 Å². The van der Waals surface area contributed by atoms with Crippen molar-refractivity contribution in [2.45, 2.75) is 4.90 Å². The first-order chi connectivity index (χ1) is 13.2. The molecule has 2 aromatic carbocycles. The molecular weight excluding hydrogens is 392 g/mol. The molecule has 0 bridgehead atoms. The maximum Gasteiger partial charge on any atom is 0.270 e. The fraction of sp³-hybridized carbons (Fsp3) is 0.125. The van der Waals surface area contributed by atoms with Crippen LogP contribution in [-0.4, -0.2) is 43.8 Å². The van der Waals surface area contributed by atoms with Crippen molar-refractivity contribution >= 4 is 27.5 Å². The predicted octanol–water partition coefficient (Wildman–Crippen LogP) is 0.852. The molecule has 2 amide bonds. The lowest BCUT2D eigenvalue weighted by molar-refractivity contribution is -0.384. The monoisotopic (exact) mass is 408 g/mol. The van der Waals surface area contributed by atoms with Gasteiger partial charge in [0.25, 0.3) is 27.5 Å². The fourth-order valence-corrected chi connectivity index (χ4v) is 3.02. The summed E-state index contributed by atoms with van der Waals surface area (Å²) < 4.78 is 24.8. The van der Waals surface area contributed by atoms with Gasteiger partial charge in [-0.2, -0.15) is 0 Å². The number of nitrogens with one attached hydrogen (secondary N) is 2. The van der Waals surface area contributed by atoms with Crippen LogP contribution in [-0.2, 0) is 14.9 Å². The van der Waals surface area contributed by atoms with Crippen molar-refractivity contribution in [2.24, 2.45) is 0 Å². The molecule has 0 radical (unpaired) electrons. The van der Waals surface area contributed by atoms with Gasteiger partial charge in [-0.3, -0.25) is 35.4 Å². The molecular formula is C16H16N4O7S. The normalized spacial score (nSPS) is 11.1. The summed E-state index contributed by atoms with van der Waals surface area (Å²) in [6, 6.07) is 9.91. The van der Waals surface area contributed by atoms with Crippen LogP contribution in [0.1, 0.15) is 20.7 Å². The molecule has 0 spiro atoms. The van der Waals surface area contributed by atoms with Crippen molar-refractivity contribution in [1.82, 2.24) is 15.3 Å². The van der Waals surface area contributed by atoms with Gasteiger partial charge in [-0.15, -0.1) is 0 Å². The minimum atomic E-state index is -3.85. The summed E-state index contributed by atoms with van der Waals surface area (Å²) >= 11 is 0. The quantitative estimate of drug-likeness (QED) is 0.532. The summed E-state index contributed by atoms with van der Waals surface area (Å²) in [5.41, 5.74) is 4.07. The number of nitro benzene ring substituents is 1. The Balaban J connectivity index is 2.04. The number of nitro groups is 1. The SMILES string of the molecule is CON(C)S(=O)(=O)c1ccc(C(=O)NNC(=O)c2cccc([N+](=O)[O-])c2)cc1. The number of amides is 2. The fourth-order valence-electron chi connectivity index (χ4n) is 2.04. The minimum Gasteiger partial charge on any atom is -0.288 e. The van der Waals surface area contributed by atoms with Crippen molar-refractivity contribution in [3.05, 3.63) is 69.8 Å². The molecule has 0 saturated carbocycles. The molecule has 2 aromatic rings. The number of nitrogens with zero attached hydrogens (tertiary/aromatic N) is 2. The van der Waals surface area contributed by atoms with E-state index in [0.717, 1.165) is 6.07 Å². The highest BCUT2D eigenvalue weighted by molar-refractivity contribution is 7.89. The number of hydrogen-bond acceptors (Lipinski definition) is 7. The summed E-state index contributed by atoms with van der Waals surface area (Å²) in [5.74, 6) is -1.46. The zero-order chi connectivity index (χ0) is 20.9. The van der Waals surface area contributed by atoms with E-state index in [1.54, 1.807) is 0 Å². The highest BCUT2D eigenvalue weighted by Crippen LogP contribution is 2.15. The van der Waals surface area contributed by atoms with Gasteiger partial charge in [-0.05, 0) is 30.3 Å². The van der Waals surface area contributed by atoms with Gasteiger partial charge in [0.1, 0.15) is 0 Å². The number of carbonyl (C=O) groups excluding carboxylic acids is 2. The number of hydrogen-bond donors (Lipinski definition) is 2. The molecule has 148 valence electrons. The smallest absolute Gasteiger partial charge is 0.270 e. The molecule has 0 aliphatic carbocycles. The Bertz CT molecular complexity index is 1010. The van der Waals surface area contributed by atoms with E-state index in [1.165, 1.54) is 56.6 Å². The van der Waals surface area contributed by atoms with Gasteiger partial charge >= 0.3 is 0 Å². The number of carbonyl (C=O) groups is 2. The number of rotatable bonds is 6. The van der Waals surface area contributed by atoms with Crippen molar-refractivity contribution in [3.63, 3.8) is 0 Å². The van der Waals surface area contributed by atoms with E-state index in [9.17, 15) is 28.1 Å². The van der Waals surface area contributed by atoms with Gasteiger partial charge in [0.05, 0.1) is 16.9 Å². The van der Waals surface area contributed by atoms with E-state index in [1.807, 2.05) is 0 Å². The van der Waals surface area contributed by atoms with Crippen LogP contribution >= 0.6 is 0 Å². The van der Waals surface area contributed by atoms with E-state index in [4.69, 9.17) is 0 Å². The second kappa shape index (κ2) is 8.56. The Labute approximate surface area is 160 Å². The molecule has 0 unspecified atom stereocenters. The third kappa shape index (κ3) is 4.68. The molecule has 11 nitrogen and oxygen atoms in total. The highest BCUT2D eigenvalue weighted by Gasteiger charge is 2.21. The Morgan fingerprint density at radius 2 is 1.61 bits per heavy atom. The Morgan fingerprint density at radius 3 is 2.14 bits per heavy atom. The van der Waals surface area contributed by atoms with Gasteiger partial charge in [-0.25, -0.2) is 8.42 Å². The molecule has 0 fully saturated rings. The van der Waals surface area contributed by atoms with E-state index >= 15 is 0 Å². The Kier molecular flexibility index (Phi) is 6.41. The van der Waals surface area contributed by atoms with Gasteiger partial charge in [0.2, 0.25) is 0 Å². The lowest BCUT2D eigenvalue weighted by atomic mass is 10.2. The molecule has 0 aromatic heterocycles. The highest BCUT2D eigenvalue weighted by atomic mass is 32.2. The van der Waals surface area contributed by atoms with Crippen LogP contribution in [0.5, 0.6) is 0 Å². The van der Waals surface area contributed by atoms with Gasteiger partial charge in [-0.1, -0.05) is 10.5 Å². The molecule has 28 heavy (non-hydrogen) atoms. The number of hydroxylamine groups is 1. The summed E-state index contributed by atoms with van der Waals surface area (Å²) in [7, 11) is -1.43. The van der Waals surface area contributed by atoms with Crippen LogP contribution < -0.4 is 10.9 Å². The lowest BCUT2D eigenvalue weighted by Crippen LogP contribution is -2.41. The molecule has 0 atom stereocenters. The number of non-ortho nitro benzene ring substituents is 1. The second-order valence-corrected chi connectivity index (χ2v) is 7.27. The van der Waals surface area contributed by atoms with E-state index in [0.29, 0.717) is 4.47 Å². The van der Waals surface area contributed by atoms with Crippen LogP contribution in [0.4, 0.5) is 5.69 Å². The van der Waals surface area contributed by atoms with Crippen LogP contribution in [0.2, 0.25) is 0 Å². The first kappa shape index (κ1) is 21.0. The van der Waals surface area contributed by atoms with Crippen molar-refractivity contribution in [3.8, 4) is 0 Å².